The predicted octanol–water partition coefficient (Wildman–Crippen LogP) is 0.0111. The number of nitrogens with two attached hydrogens (primary N) is 1. The lowest BCUT2D eigenvalue weighted by Crippen LogP contribution is -2.58. The van der Waals surface area contributed by atoms with Crippen LogP contribution in [0.25, 0.3) is 0 Å². The van der Waals surface area contributed by atoms with Crippen molar-refractivity contribution < 1.29 is 13.2 Å². The molecule has 0 bridgehead atoms. The summed E-state index contributed by atoms with van der Waals surface area (Å²) in [7, 11) is -3.41. The van der Waals surface area contributed by atoms with Crippen molar-refractivity contribution in [3.63, 3.8) is 0 Å². The number of ether oxygens (including phenoxy) is 1. The highest BCUT2D eigenvalue weighted by Crippen LogP contribution is 2.27. The SMILES string of the molecule is CC1CN(S(=O)(=O)N2CCCC(C)C2CN)CCO1. The summed E-state index contributed by atoms with van der Waals surface area (Å²) in [6.07, 6.45) is 1.92. The van der Waals surface area contributed by atoms with Gasteiger partial charge in [-0.25, -0.2) is 0 Å². The Kier molecular flexibility index (Phi) is 4.84. The Morgan fingerprint density at radius 3 is 2.68 bits per heavy atom. The van der Waals surface area contributed by atoms with Gasteiger partial charge in [-0.2, -0.15) is 17.0 Å². The molecule has 0 spiro atoms. The molecule has 7 heteroatoms. The van der Waals surface area contributed by atoms with E-state index >= 15 is 0 Å². The van der Waals surface area contributed by atoms with Gasteiger partial charge in [-0.05, 0) is 25.7 Å². The molecule has 0 aromatic carbocycles. The van der Waals surface area contributed by atoms with Crippen molar-refractivity contribution in [1.29, 1.82) is 0 Å². The monoisotopic (exact) mass is 291 g/mol. The lowest BCUT2D eigenvalue weighted by atomic mass is 9.93. The first kappa shape index (κ1) is 15.2. The van der Waals surface area contributed by atoms with Crippen LogP contribution < -0.4 is 5.73 Å². The van der Waals surface area contributed by atoms with Gasteiger partial charge < -0.3 is 10.5 Å². The van der Waals surface area contributed by atoms with Gasteiger partial charge in [-0.3, -0.25) is 0 Å². The summed E-state index contributed by atoms with van der Waals surface area (Å²) in [4.78, 5) is 0. The van der Waals surface area contributed by atoms with E-state index in [1.54, 1.807) is 8.61 Å². The third-order valence-electron chi connectivity index (χ3n) is 4.13. The van der Waals surface area contributed by atoms with E-state index in [1.165, 1.54) is 0 Å². The number of piperidine rings is 1. The van der Waals surface area contributed by atoms with Crippen LogP contribution in [0.5, 0.6) is 0 Å². The molecule has 2 aliphatic heterocycles. The molecule has 3 unspecified atom stereocenters. The van der Waals surface area contributed by atoms with Gasteiger partial charge in [0, 0.05) is 32.2 Å². The van der Waals surface area contributed by atoms with E-state index in [1.807, 2.05) is 6.92 Å². The molecule has 6 nitrogen and oxygen atoms in total. The lowest BCUT2D eigenvalue weighted by Gasteiger charge is -2.42. The fourth-order valence-electron chi connectivity index (χ4n) is 2.99. The normalized spacial score (nSPS) is 35.4. The fourth-order valence-corrected chi connectivity index (χ4v) is 4.99. The highest BCUT2D eigenvalue weighted by atomic mass is 32.2. The molecule has 2 saturated heterocycles. The van der Waals surface area contributed by atoms with E-state index in [9.17, 15) is 8.42 Å². The maximum Gasteiger partial charge on any atom is 0.282 e. The standard InChI is InChI=1S/C12H25N3O3S/c1-10-4-3-5-15(12(10)8-13)19(16,17)14-6-7-18-11(2)9-14/h10-12H,3-9,13H2,1-2H3. The molecule has 0 aromatic heterocycles. The van der Waals surface area contributed by atoms with Crippen molar-refractivity contribution in [2.75, 3.05) is 32.8 Å². The van der Waals surface area contributed by atoms with Gasteiger partial charge in [0.25, 0.3) is 10.2 Å². The van der Waals surface area contributed by atoms with Crippen molar-refractivity contribution in [3.05, 3.63) is 0 Å². The van der Waals surface area contributed by atoms with Crippen LogP contribution in [0.2, 0.25) is 0 Å². The van der Waals surface area contributed by atoms with E-state index in [-0.39, 0.29) is 12.1 Å². The molecular formula is C12H25N3O3S. The van der Waals surface area contributed by atoms with Crippen LogP contribution in [0.4, 0.5) is 0 Å². The number of hydrogen-bond donors (Lipinski definition) is 1. The molecule has 19 heavy (non-hydrogen) atoms. The van der Waals surface area contributed by atoms with E-state index in [2.05, 4.69) is 6.92 Å². The molecule has 2 aliphatic rings. The predicted molar refractivity (Wildman–Crippen MR) is 73.9 cm³/mol. The van der Waals surface area contributed by atoms with Gasteiger partial charge in [0.15, 0.2) is 0 Å². The topological polar surface area (TPSA) is 75.9 Å². The Labute approximate surface area is 116 Å². The number of rotatable bonds is 3. The van der Waals surface area contributed by atoms with Crippen LogP contribution in [0.1, 0.15) is 26.7 Å². The van der Waals surface area contributed by atoms with Crippen molar-refractivity contribution >= 4 is 10.2 Å². The Morgan fingerprint density at radius 1 is 1.32 bits per heavy atom. The molecule has 112 valence electrons. The fraction of sp³-hybridized carbons (Fsp3) is 1.00. The average molecular weight is 291 g/mol. The second-order valence-electron chi connectivity index (χ2n) is 5.58. The zero-order valence-electron chi connectivity index (χ0n) is 11.8. The van der Waals surface area contributed by atoms with Crippen molar-refractivity contribution in [1.82, 2.24) is 8.61 Å². The van der Waals surface area contributed by atoms with Crippen LogP contribution in [-0.4, -0.2) is 62.0 Å². The summed E-state index contributed by atoms with van der Waals surface area (Å²) in [5.41, 5.74) is 5.79. The van der Waals surface area contributed by atoms with Crippen molar-refractivity contribution in [2.45, 2.75) is 38.8 Å². The number of morpholine rings is 1. The summed E-state index contributed by atoms with van der Waals surface area (Å²) in [6, 6.07) is -0.0723. The Bertz CT molecular complexity index is 401. The Morgan fingerprint density at radius 2 is 2.05 bits per heavy atom. The lowest BCUT2D eigenvalue weighted by molar-refractivity contribution is 0.00687. The Hall–Kier alpha value is -0.210. The molecular weight excluding hydrogens is 266 g/mol. The molecule has 0 saturated carbocycles. The first-order valence-corrected chi connectivity index (χ1v) is 8.45. The molecule has 0 amide bonds. The number of hydrogen-bond acceptors (Lipinski definition) is 4. The summed E-state index contributed by atoms with van der Waals surface area (Å²) in [5, 5.41) is 0. The maximum absolute atomic E-state index is 12.7. The quantitative estimate of drug-likeness (QED) is 0.795. The summed E-state index contributed by atoms with van der Waals surface area (Å²) in [5.74, 6) is 0.326. The van der Waals surface area contributed by atoms with Gasteiger partial charge in [0.2, 0.25) is 0 Å². The second kappa shape index (κ2) is 6.05. The highest BCUT2D eigenvalue weighted by molar-refractivity contribution is 7.86. The molecule has 3 atom stereocenters. The summed E-state index contributed by atoms with van der Waals surface area (Å²) >= 11 is 0. The smallest absolute Gasteiger partial charge is 0.282 e. The van der Waals surface area contributed by atoms with Gasteiger partial charge >= 0.3 is 0 Å². The molecule has 0 radical (unpaired) electrons. The minimum atomic E-state index is -3.41. The molecule has 2 heterocycles. The van der Waals surface area contributed by atoms with Crippen LogP contribution in [-0.2, 0) is 14.9 Å². The average Bonchev–Trinajstić information content (AvgIpc) is 2.38. The van der Waals surface area contributed by atoms with Gasteiger partial charge in [0.1, 0.15) is 0 Å². The number of nitrogens with zero attached hydrogens (tertiary/aromatic N) is 2. The summed E-state index contributed by atoms with van der Waals surface area (Å²) < 4.78 is 34.1. The minimum Gasteiger partial charge on any atom is -0.376 e. The van der Waals surface area contributed by atoms with Crippen molar-refractivity contribution in [3.8, 4) is 0 Å². The van der Waals surface area contributed by atoms with E-state index in [0.29, 0.717) is 38.7 Å². The highest BCUT2D eigenvalue weighted by Gasteiger charge is 2.40. The van der Waals surface area contributed by atoms with E-state index < -0.39 is 10.2 Å². The van der Waals surface area contributed by atoms with Crippen LogP contribution in [0.3, 0.4) is 0 Å². The van der Waals surface area contributed by atoms with Gasteiger partial charge in [-0.15, -0.1) is 0 Å². The summed E-state index contributed by atoms with van der Waals surface area (Å²) in [6.45, 7) is 6.30. The molecule has 2 rings (SSSR count). The zero-order valence-corrected chi connectivity index (χ0v) is 12.6. The van der Waals surface area contributed by atoms with E-state index in [4.69, 9.17) is 10.5 Å². The largest absolute Gasteiger partial charge is 0.376 e. The zero-order chi connectivity index (χ0) is 14.0. The molecule has 2 fully saturated rings. The van der Waals surface area contributed by atoms with E-state index in [0.717, 1.165) is 12.8 Å². The first-order valence-electron chi connectivity index (χ1n) is 7.05. The molecule has 0 aromatic rings. The molecule has 2 N–H and O–H groups in total. The Balaban J connectivity index is 2.17. The van der Waals surface area contributed by atoms with Crippen LogP contribution in [0.15, 0.2) is 0 Å². The first-order chi connectivity index (χ1) is 8.96. The van der Waals surface area contributed by atoms with Crippen molar-refractivity contribution in [2.24, 2.45) is 11.7 Å². The van der Waals surface area contributed by atoms with Crippen LogP contribution >= 0.6 is 0 Å². The third-order valence-corrected chi connectivity index (χ3v) is 6.16. The van der Waals surface area contributed by atoms with Gasteiger partial charge in [-0.1, -0.05) is 6.92 Å². The third kappa shape index (κ3) is 3.11. The molecule has 0 aliphatic carbocycles. The second-order valence-corrected chi connectivity index (χ2v) is 7.46. The minimum absolute atomic E-state index is 0.0398. The van der Waals surface area contributed by atoms with Crippen LogP contribution in [0, 0.1) is 5.92 Å². The maximum atomic E-state index is 12.7. The van der Waals surface area contributed by atoms with Gasteiger partial charge in [0.05, 0.1) is 12.7 Å².